The predicted octanol–water partition coefficient (Wildman–Crippen LogP) is 2.23. The summed E-state index contributed by atoms with van der Waals surface area (Å²) in [4.78, 5) is 7.88. The Morgan fingerprint density at radius 2 is 2.06 bits per heavy atom. The number of rotatable bonds is 3. The first-order chi connectivity index (χ1) is 8.22. The SMILES string of the molecule is CNC(c1cncc(C)c1)c1ccncc1F. The van der Waals surface area contributed by atoms with Crippen LogP contribution < -0.4 is 5.32 Å². The molecule has 3 nitrogen and oxygen atoms in total. The van der Waals surface area contributed by atoms with Gasteiger partial charge in [-0.15, -0.1) is 0 Å². The average molecular weight is 231 g/mol. The van der Waals surface area contributed by atoms with E-state index < -0.39 is 0 Å². The van der Waals surface area contributed by atoms with Gasteiger partial charge in [-0.25, -0.2) is 4.39 Å². The van der Waals surface area contributed by atoms with Gasteiger partial charge in [0.05, 0.1) is 12.2 Å². The molecular formula is C13H14FN3. The Balaban J connectivity index is 2.44. The highest BCUT2D eigenvalue weighted by Crippen LogP contribution is 2.23. The number of halogens is 1. The van der Waals surface area contributed by atoms with Crippen LogP contribution in [0.15, 0.2) is 36.9 Å². The van der Waals surface area contributed by atoms with E-state index in [1.54, 1.807) is 31.7 Å². The van der Waals surface area contributed by atoms with E-state index in [2.05, 4.69) is 15.3 Å². The Morgan fingerprint density at radius 1 is 1.24 bits per heavy atom. The largest absolute Gasteiger partial charge is 0.309 e. The fraction of sp³-hybridized carbons (Fsp3) is 0.231. The van der Waals surface area contributed by atoms with Crippen LogP contribution in [0, 0.1) is 12.7 Å². The Bertz CT molecular complexity index is 514. The third-order valence-corrected chi connectivity index (χ3v) is 2.63. The zero-order valence-electron chi connectivity index (χ0n) is 9.81. The molecule has 2 aromatic heterocycles. The third kappa shape index (κ3) is 2.47. The molecule has 1 atom stereocenters. The fourth-order valence-corrected chi connectivity index (χ4v) is 1.86. The van der Waals surface area contributed by atoms with Crippen molar-refractivity contribution in [3.05, 3.63) is 59.4 Å². The Morgan fingerprint density at radius 3 is 2.71 bits per heavy atom. The van der Waals surface area contributed by atoms with E-state index in [-0.39, 0.29) is 11.9 Å². The minimum Gasteiger partial charge on any atom is -0.309 e. The summed E-state index contributed by atoms with van der Waals surface area (Å²) in [6.07, 6.45) is 6.34. The van der Waals surface area contributed by atoms with Crippen LogP contribution in [-0.2, 0) is 0 Å². The summed E-state index contributed by atoms with van der Waals surface area (Å²) in [5, 5.41) is 3.09. The molecule has 0 radical (unpaired) electrons. The van der Waals surface area contributed by atoms with Gasteiger partial charge < -0.3 is 5.32 Å². The molecular weight excluding hydrogens is 217 g/mol. The smallest absolute Gasteiger partial charge is 0.146 e. The van der Waals surface area contributed by atoms with Crippen LogP contribution in [0.5, 0.6) is 0 Å². The number of hydrogen-bond donors (Lipinski definition) is 1. The normalized spacial score (nSPS) is 12.4. The van der Waals surface area contributed by atoms with Crippen molar-refractivity contribution in [2.24, 2.45) is 0 Å². The second-order valence-electron chi connectivity index (χ2n) is 3.91. The van der Waals surface area contributed by atoms with Gasteiger partial charge in [0.15, 0.2) is 0 Å². The van der Waals surface area contributed by atoms with Crippen molar-refractivity contribution in [3.8, 4) is 0 Å². The van der Waals surface area contributed by atoms with Crippen LogP contribution in [0.1, 0.15) is 22.7 Å². The van der Waals surface area contributed by atoms with Crippen molar-refractivity contribution < 1.29 is 4.39 Å². The number of hydrogen-bond acceptors (Lipinski definition) is 3. The van der Waals surface area contributed by atoms with Crippen molar-refractivity contribution in [1.29, 1.82) is 0 Å². The van der Waals surface area contributed by atoms with E-state index in [9.17, 15) is 4.39 Å². The first-order valence-electron chi connectivity index (χ1n) is 5.40. The molecule has 0 bridgehead atoms. The predicted molar refractivity (Wildman–Crippen MR) is 64.1 cm³/mol. The highest BCUT2D eigenvalue weighted by molar-refractivity contribution is 5.31. The zero-order valence-corrected chi connectivity index (χ0v) is 9.81. The van der Waals surface area contributed by atoms with Gasteiger partial charge in [-0.2, -0.15) is 0 Å². The highest BCUT2D eigenvalue weighted by Gasteiger charge is 2.16. The quantitative estimate of drug-likeness (QED) is 0.880. The summed E-state index contributed by atoms with van der Waals surface area (Å²) in [7, 11) is 1.80. The van der Waals surface area contributed by atoms with Crippen LogP contribution in [0.3, 0.4) is 0 Å². The van der Waals surface area contributed by atoms with E-state index in [4.69, 9.17) is 0 Å². The number of nitrogens with one attached hydrogen (secondary N) is 1. The van der Waals surface area contributed by atoms with E-state index >= 15 is 0 Å². The molecule has 2 heterocycles. The van der Waals surface area contributed by atoms with Gasteiger partial charge in [-0.3, -0.25) is 9.97 Å². The van der Waals surface area contributed by atoms with Crippen molar-refractivity contribution in [2.75, 3.05) is 7.05 Å². The molecule has 88 valence electrons. The van der Waals surface area contributed by atoms with Crippen molar-refractivity contribution in [3.63, 3.8) is 0 Å². The first kappa shape index (κ1) is 11.7. The lowest BCUT2D eigenvalue weighted by Crippen LogP contribution is -2.19. The molecule has 4 heteroatoms. The summed E-state index contributed by atoms with van der Waals surface area (Å²) >= 11 is 0. The molecule has 0 aliphatic carbocycles. The van der Waals surface area contributed by atoms with Gasteiger partial charge in [0, 0.05) is 24.2 Å². The molecule has 0 aromatic carbocycles. The molecule has 0 spiro atoms. The molecule has 2 aromatic rings. The lowest BCUT2D eigenvalue weighted by molar-refractivity contribution is 0.570. The number of aryl methyl sites for hydroxylation is 1. The van der Waals surface area contributed by atoms with Crippen molar-refractivity contribution in [1.82, 2.24) is 15.3 Å². The molecule has 17 heavy (non-hydrogen) atoms. The van der Waals surface area contributed by atoms with Gasteiger partial charge in [0.1, 0.15) is 5.82 Å². The van der Waals surface area contributed by atoms with Crippen LogP contribution in [0.25, 0.3) is 0 Å². The molecule has 1 N–H and O–H groups in total. The van der Waals surface area contributed by atoms with Gasteiger partial charge in [-0.1, -0.05) is 6.07 Å². The topological polar surface area (TPSA) is 37.8 Å². The number of nitrogens with zero attached hydrogens (tertiary/aromatic N) is 2. The fourth-order valence-electron chi connectivity index (χ4n) is 1.86. The van der Waals surface area contributed by atoms with E-state index in [1.807, 2.05) is 13.0 Å². The van der Waals surface area contributed by atoms with Crippen LogP contribution in [-0.4, -0.2) is 17.0 Å². The molecule has 0 saturated carbocycles. The molecule has 0 aliphatic heterocycles. The number of aromatic nitrogens is 2. The van der Waals surface area contributed by atoms with Gasteiger partial charge in [0.2, 0.25) is 0 Å². The van der Waals surface area contributed by atoms with Crippen LogP contribution in [0.2, 0.25) is 0 Å². The highest BCUT2D eigenvalue weighted by atomic mass is 19.1. The molecule has 0 amide bonds. The third-order valence-electron chi connectivity index (χ3n) is 2.63. The summed E-state index contributed by atoms with van der Waals surface area (Å²) in [6.45, 7) is 1.96. The maximum absolute atomic E-state index is 13.7. The molecule has 0 fully saturated rings. The summed E-state index contributed by atoms with van der Waals surface area (Å²) < 4.78 is 13.7. The standard InChI is InChI=1S/C13H14FN3/c1-9-5-10(7-17-6-9)13(15-2)11-3-4-16-8-12(11)14/h3-8,13,15H,1-2H3. The Labute approximate surface area is 99.7 Å². The average Bonchev–Trinajstić information content (AvgIpc) is 2.33. The van der Waals surface area contributed by atoms with Gasteiger partial charge >= 0.3 is 0 Å². The van der Waals surface area contributed by atoms with E-state index in [0.717, 1.165) is 11.1 Å². The maximum Gasteiger partial charge on any atom is 0.146 e. The molecule has 0 aliphatic rings. The van der Waals surface area contributed by atoms with Gasteiger partial charge in [-0.05, 0) is 31.2 Å². The second kappa shape index (κ2) is 5.01. The van der Waals surface area contributed by atoms with Crippen molar-refractivity contribution in [2.45, 2.75) is 13.0 Å². The monoisotopic (exact) mass is 231 g/mol. The van der Waals surface area contributed by atoms with Crippen LogP contribution >= 0.6 is 0 Å². The Kier molecular flexibility index (Phi) is 3.44. The summed E-state index contributed by atoms with van der Waals surface area (Å²) in [5.41, 5.74) is 2.57. The number of pyridine rings is 2. The van der Waals surface area contributed by atoms with Gasteiger partial charge in [0.25, 0.3) is 0 Å². The minimum absolute atomic E-state index is 0.203. The van der Waals surface area contributed by atoms with E-state index in [0.29, 0.717) is 5.56 Å². The summed E-state index contributed by atoms with van der Waals surface area (Å²) in [5.74, 6) is -0.312. The summed E-state index contributed by atoms with van der Waals surface area (Å²) in [6, 6.07) is 3.47. The molecule has 2 rings (SSSR count). The van der Waals surface area contributed by atoms with Crippen molar-refractivity contribution >= 4 is 0 Å². The minimum atomic E-state index is -0.312. The lowest BCUT2D eigenvalue weighted by Gasteiger charge is -2.17. The molecule has 1 unspecified atom stereocenters. The van der Waals surface area contributed by atoms with Crippen LogP contribution in [0.4, 0.5) is 4.39 Å². The Hall–Kier alpha value is -1.81. The zero-order chi connectivity index (χ0) is 12.3. The second-order valence-corrected chi connectivity index (χ2v) is 3.91. The maximum atomic E-state index is 13.7. The molecule has 0 saturated heterocycles. The van der Waals surface area contributed by atoms with E-state index in [1.165, 1.54) is 6.20 Å². The first-order valence-corrected chi connectivity index (χ1v) is 5.40. The lowest BCUT2D eigenvalue weighted by atomic mass is 10.00.